The molecule has 4 N–H and O–H groups in total. The van der Waals surface area contributed by atoms with E-state index in [1.807, 2.05) is 0 Å². The molecule has 0 heterocycles. The number of benzene rings is 1. The van der Waals surface area contributed by atoms with Gasteiger partial charge in [-0.2, -0.15) is 12.6 Å². The van der Waals surface area contributed by atoms with Crippen molar-refractivity contribution in [2.24, 2.45) is 0 Å². The highest BCUT2D eigenvalue weighted by Gasteiger charge is 2.24. The van der Waals surface area contributed by atoms with Gasteiger partial charge in [-0.05, 0) is 0 Å². The summed E-state index contributed by atoms with van der Waals surface area (Å²) in [6.45, 7) is 0. The second-order valence-corrected chi connectivity index (χ2v) is 3.75. The number of halogens is 1. The lowest BCUT2D eigenvalue weighted by Crippen LogP contribution is -2.21. The lowest BCUT2D eigenvalue weighted by atomic mass is 10.0. The number of rotatable bonds is 4. The first-order valence-corrected chi connectivity index (χ1v) is 5.22. The Bertz CT molecular complexity index is 443. The fourth-order valence-electron chi connectivity index (χ4n) is 1.28. The molecule has 0 spiro atoms. The summed E-state index contributed by atoms with van der Waals surface area (Å²) in [5.41, 5.74) is 4.16. The number of anilines is 1. The van der Waals surface area contributed by atoms with Crippen LogP contribution in [-0.4, -0.2) is 27.0 Å². The molecule has 0 fully saturated rings. The molecule has 8 heteroatoms. The summed E-state index contributed by atoms with van der Waals surface area (Å²) >= 11 is 3.75. The number of nitrogens with two attached hydrogens (primary N) is 1. The molecular formula is C9H11FN2O4S. The molecule has 94 valence electrons. The number of nitrogens with zero attached hydrogens (tertiary/aromatic N) is 1. The predicted molar refractivity (Wildman–Crippen MR) is 62.3 cm³/mol. The second-order valence-electron chi connectivity index (χ2n) is 3.38. The topological polar surface area (TPSA) is 110 Å². The fraction of sp³-hybridized carbons (Fsp3) is 0.333. The molecule has 0 aliphatic rings. The summed E-state index contributed by atoms with van der Waals surface area (Å²) in [6.07, 6.45) is -2.82. The van der Waals surface area contributed by atoms with Gasteiger partial charge in [-0.3, -0.25) is 10.1 Å². The zero-order valence-electron chi connectivity index (χ0n) is 8.58. The number of thiol groups is 1. The van der Waals surface area contributed by atoms with E-state index in [1.54, 1.807) is 0 Å². The fourth-order valence-corrected chi connectivity index (χ4v) is 1.48. The maximum absolute atomic E-state index is 13.3. The van der Waals surface area contributed by atoms with Crippen molar-refractivity contribution in [2.75, 3.05) is 11.5 Å². The van der Waals surface area contributed by atoms with Crippen molar-refractivity contribution in [1.82, 2.24) is 0 Å². The predicted octanol–water partition coefficient (Wildman–Crippen LogP) is 0.640. The van der Waals surface area contributed by atoms with Gasteiger partial charge in [0, 0.05) is 17.4 Å². The molecule has 6 nitrogen and oxygen atoms in total. The first-order valence-electron chi connectivity index (χ1n) is 4.58. The molecule has 0 saturated carbocycles. The van der Waals surface area contributed by atoms with Gasteiger partial charge in [0.1, 0.15) is 6.10 Å². The summed E-state index contributed by atoms with van der Waals surface area (Å²) in [7, 11) is 0. The Balaban J connectivity index is 3.27. The van der Waals surface area contributed by atoms with Crippen molar-refractivity contribution in [1.29, 1.82) is 0 Å². The Morgan fingerprint density at radius 3 is 2.59 bits per heavy atom. The number of hydrogen-bond donors (Lipinski definition) is 4. The number of nitrogen functional groups attached to an aromatic ring is 1. The highest BCUT2D eigenvalue weighted by molar-refractivity contribution is 7.80. The van der Waals surface area contributed by atoms with Crippen molar-refractivity contribution in [3.8, 4) is 0 Å². The van der Waals surface area contributed by atoms with Gasteiger partial charge in [0.25, 0.3) is 5.69 Å². The van der Waals surface area contributed by atoms with Crippen LogP contribution in [0.4, 0.5) is 15.8 Å². The van der Waals surface area contributed by atoms with Crippen LogP contribution in [-0.2, 0) is 0 Å². The summed E-state index contributed by atoms with van der Waals surface area (Å²) in [4.78, 5) is 9.70. The van der Waals surface area contributed by atoms with Gasteiger partial charge in [0.15, 0.2) is 5.82 Å². The first kappa shape index (κ1) is 13.7. The van der Waals surface area contributed by atoms with E-state index >= 15 is 0 Å². The number of aliphatic hydroxyl groups excluding tert-OH is 2. The first-order chi connectivity index (χ1) is 7.88. The molecule has 1 aromatic rings. The van der Waals surface area contributed by atoms with Crippen molar-refractivity contribution in [3.63, 3.8) is 0 Å². The third kappa shape index (κ3) is 2.84. The third-order valence-electron chi connectivity index (χ3n) is 2.23. The average molecular weight is 262 g/mol. The van der Waals surface area contributed by atoms with Crippen LogP contribution in [0, 0.1) is 15.9 Å². The quantitative estimate of drug-likeness (QED) is 0.275. The maximum atomic E-state index is 13.3. The molecule has 1 aromatic carbocycles. The Labute approximate surface area is 101 Å². The summed E-state index contributed by atoms with van der Waals surface area (Å²) in [5.74, 6) is -1.11. The molecule has 2 unspecified atom stereocenters. The Morgan fingerprint density at radius 2 is 2.12 bits per heavy atom. The molecular weight excluding hydrogens is 251 g/mol. The van der Waals surface area contributed by atoms with Gasteiger partial charge >= 0.3 is 0 Å². The molecule has 0 aliphatic carbocycles. The zero-order chi connectivity index (χ0) is 13.2. The van der Waals surface area contributed by atoms with E-state index < -0.39 is 34.3 Å². The summed E-state index contributed by atoms with van der Waals surface area (Å²) in [5, 5.41) is 29.5. The van der Waals surface area contributed by atoms with Crippen LogP contribution < -0.4 is 5.73 Å². The van der Waals surface area contributed by atoms with Crippen LogP contribution in [0.25, 0.3) is 0 Å². The Hall–Kier alpha value is -1.38. The molecule has 0 radical (unpaired) electrons. The zero-order valence-corrected chi connectivity index (χ0v) is 9.47. The van der Waals surface area contributed by atoms with E-state index in [1.165, 1.54) is 0 Å². The van der Waals surface area contributed by atoms with Gasteiger partial charge < -0.3 is 15.9 Å². The average Bonchev–Trinajstić information content (AvgIpc) is 2.30. The molecule has 2 atom stereocenters. The Kier molecular flexibility index (Phi) is 4.27. The van der Waals surface area contributed by atoms with E-state index in [4.69, 9.17) is 5.73 Å². The van der Waals surface area contributed by atoms with E-state index in [-0.39, 0.29) is 11.3 Å². The van der Waals surface area contributed by atoms with Crippen LogP contribution >= 0.6 is 12.6 Å². The number of aliphatic hydroxyl groups is 2. The third-order valence-corrected chi connectivity index (χ3v) is 2.60. The number of nitro groups is 1. The highest BCUT2D eigenvalue weighted by Crippen LogP contribution is 2.30. The van der Waals surface area contributed by atoms with Crippen LogP contribution in [0.1, 0.15) is 11.7 Å². The van der Waals surface area contributed by atoms with Gasteiger partial charge in [0.2, 0.25) is 0 Å². The van der Waals surface area contributed by atoms with Gasteiger partial charge in [0.05, 0.1) is 22.8 Å². The van der Waals surface area contributed by atoms with E-state index in [2.05, 4.69) is 12.6 Å². The smallest absolute Gasteiger partial charge is 0.272 e. The minimum Gasteiger partial charge on any atom is -0.396 e. The van der Waals surface area contributed by atoms with Crippen LogP contribution in [0.3, 0.4) is 0 Å². The van der Waals surface area contributed by atoms with Crippen molar-refractivity contribution in [2.45, 2.75) is 12.2 Å². The highest BCUT2D eigenvalue weighted by atomic mass is 32.1. The maximum Gasteiger partial charge on any atom is 0.272 e. The Morgan fingerprint density at radius 1 is 1.53 bits per heavy atom. The number of nitro benzene ring substituents is 1. The van der Waals surface area contributed by atoms with Crippen LogP contribution in [0.5, 0.6) is 0 Å². The standard InChI is InChI=1S/C9H11FN2O4S/c10-6-2-4(12(15)16)1-5(8(6)11)9(14)7(13)3-17/h1-2,7,9,13-14,17H,3,11H2. The monoisotopic (exact) mass is 262 g/mol. The number of non-ortho nitro benzene ring substituents is 1. The van der Waals surface area contributed by atoms with Crippen LogP contribution in [0.15, 0.2) is 12.1 Å². The van der Waals surface area contributed by atoms with Gasteiger partial charge in [-0.15, -0.1) is 0 Å². The summed E-state index contributed by atoms with van der Waals surface area (Å²) in [6, 6.07) is 1.58. The van der Waals surface area contributed by atoms with Crippen molar-refractivity contribution < 1.29 is 19.5 Å². The summed E-state index contributed by atoms with van der Waals surface area (Å²) < 4.78 is 13.3. The molecule has 0 saturated heterocycles. The second kappa shape index (κ2) is 5.30. The van der Waals surface area contributed by atoms with Gasteiger partial charge in [-0.25, -0.2) is 4.39 Å². The molecule has 1 rings (SSSR count). The molecule has 0 aliphatic heterocycles. The SMILES string of the molecule is Nc1c(F)cc([N+](=O)[O-])cc1C(O)C(O)CS. The van der Waals surface area contributed by atoms with E-state index in [0.717, 1.165) is 6.07 Å². The lowest BCUT2D eigenvalue weighted by molar-refractivity contribution is -0.385. The minimum atomic E-state index is -1.53. The minimum absolute atomic E-state index is 0.0923. The van der Waals surface area contributed by atoms with E-state index in [9.17, 15) is 24.7 Å². The normalized spacial score (nSPS) is 14.4. The molecule has 0 amide bonds. The molecule has 0 bridgehead atoms. The van der Waals surface area contributed by atoms with E-state index in [0.29, 0.717) is 6.07 Å². The molecule has 0 aromatic heterocycles. The van der Waals surface area contributed by atoms with Crippen molar-refractivity contribution >= 4 is 24.0 Å². The van der Waals surface area contributed by atoms with Gasteiger partial charge in [-0.1, -0.05) is 0 Å². The van der Waals surface area contributed by atoms with Crippen molar-refractivity contribution in [3.05, 3.63) is 33.6 Å². The molecule has 17 heavy (non-hydrogen) atoms. The largest absolute Gasteiger partial charge is 0.396 e. The lowest BCUT2D eigenvalue weighted by Gasteiger charge is -2.17. The van der Waals surface area contributed by atoms with Crippen LogP contribution in [0.2, 0.25) is 0 Å². The number of hydrogen-bond acceptors (Lipinski definition) is 6.